The van der Waals surface area contributed by atoms with Crippen molar-refractivity contribution in [2.75, 3.05) is 20.6 Å². The second kappa shape index (κ2) is 8.48. The summed E-state index contributed by atoms with van der Waals surface area (Å²) < 4.78 is 0. The zero-order valence-corrected chi connectivity index (χ0v) is 12.6. The van der Waals surface area contributed by atoms with E-state index in [1.807, 2.05) is 0 Å². The van der Waals surface area contributed by atoms with Crippen LogP contribution in [0, 0.1) is 5.41 Å². The van der Waals surface area contributed by atoms with Gasteiger partial charge in [0.25, 0.3) is 5.91 Å². The maximum absolute atomic E-state index is 12.1. The van der Waals surface area contributed by atoms with Gasteiger partial charge in [-0.3, -0.25) is 4.79 Å². The van der Waals surface area contributed by atoms with Crippen LogP contribution in [0.4, 0.5) is 0 Å². The summed E-state index contributed by atoms with van der Waals surface area (Å²) in [4.78, 5) is 12.1. The van der Waals surface area contributed by atoms with Crippen molar-refractivity contribution < 1.29 is 9.90 Å². The molecule has 6 N–H and O–H groups in total. The molecule has 0 aliphatic rings. The third kappa shape index (κ3) is 4.95. The first-order valence-corrected chi connectivity index (χ1v) is 6.63. The fourth-order valence-electron chi connectivity index (χ4n) is 1.76. The Morgan fingerprint density at radius 1 is 1.41 bits per heavy atom. The molecule has 0 atom stereocenters. The van der Waals surface area contributed by atoms with Gasteiger partial charge >= 0.3 is 0 Å². The number of amides is 1. The predicted molar refractivity (Wildman–Crippen MR) is 86.4 cm³/mol. The zero-order chi connectivity index (χ0) is 16.5. The SMILES string of the molecule is CNC(/C=C\C=N)=C(/CNC(=O)c1ccc(O)cc1)N(C)N. The van der Waals surface area contributed by atoms with E-state index in [1.54, 1.807) is 26.2 Å². The zero-order valence-electron chi connectivity index (χ0n) is 12.6. The molecule has 118 valence electrons. The van der Waals surface area contributed by atoms with Gasteiger partial charge in [0.05, 0.1) is 17.9 Å². The molecule has 0 saturated heterocycles. The monoisotopic (exact) mass is 303 g/mol. The summed E-state index contributed by atoms with van der Waals surface area (Å²) in [5.74, 6) is 5.62. The smallest absolute Gasteiger partial charge is 0.251 e. The Bertz CT molecular complexity index is 576. The van der Waals surface area contributed by atoms with Crippen LogP contribution in [-0.4, -0.2) is 42.9 Å². The van der Waals surface area contributed by atoms with E-state index in [0.29, 0.717) is 17.0 Å². The number of likely N-dealkylation sites (N-methyl/N-ethyl adjacent to an activating group) is 2. The van der Waals surface area contributed by atoms with Crippen molar-refractivity contribution in [1.29, 1.82) is 5.41 Å². The van der Waals surface area contributed by atoms with Gasteiger partial charge in [-0.15, -0.1) is 0 Å². The summed E-state index contributed by atoms with van der Waals surface area (Å²) >= 11 is 0. The molecule has 0 aliphatic heterocycles. The van der Waals surface area contributed by atoms with Crippen molar-refractivity contribution in [1.82, 2.24) is 15.6 Å². The number of phenols is 1. The van der Waals surface area contributed by atoms with E-state index in [4.69, 9.17) is 11.3 Å². The number of hydrogen-bond acceptors (Lipinski definition) is 6. The highest BCUT2D eigenvalue weighted by Gasteiger charge is 2.10. The topological polar surface area (TPSA) is 114 Å². The summed E-state index contributed by atoms with van der Waals surface area (Å²) in [7, 11) is 3.40. The highest BCUT2D eigenvalue weighted by molar-refractivity contribution is 5.94. The van der Waals surface area contributed by atoms with Crippen molar-refractivity contribution in [3.8, 4) is 5.75 Å². The average Bonchev–Trinajstić information content (AvgIpc) is 2.50. The lowest BCUT2D eigenvalue weighted by molar-refractivity contribution is 0.0954. The number of rotatable bonds is 7. The molecule has 1 rings (SSSR count). The molecule has 7 nitrogen and oxygen atoms in total. The normalized spacial score (nSPS) is 11.8. The van der Waals surface area contributed by atoms with E-state index in [2.05, 4.69) is 10.6 Å². The van der Waals surface area contributed by atoms with Crippen LogP contribution in [0.5, 0.6) is 5.75 Å². The Hall–Kier alpha value is -2.80. The summed E-state index contributed by atoms with van der Waals surface area (Å²) in [6.45, 7) is 0.214. The highest BCUT2D eigenvalue weighted by atomic mass is 16.3. The molecular weight excluding hydrogens is 282 g/mol. The van der Waals surface area contributed by atoms with E-state index in [0.717, 1.165) is 6.21 Å². The van der Waals surface area contributed by atoms with Crippen LogP contribution in [0.1, 0.15) is 10.4 Å². The predicted octanol–water partition coefficient (Wildman–Crippen LogP) is 0.564. The van der Waals surface area contributed by atoms with Crippen LogP contribution in [0.2, 0.25) is 0 Å². The second-order valence-corrected chi connectivity index (χ2v) is 4.48. The molecule has 0 fully saturated rings. The van der Waals surface area contributed by atoms with Crippen molar-refractivity contribution in [2.45, 2.75) is 0 Å². The number of hydrogen-bond donors (Lipinski definition) is 5. The van der Waals surface area contributed by atoms with Gasteiger partial charge in [-0.2, -0.15) is 0 Å². The average molecular weight is 303 g/mol. The van der Waals surface area contributed by atoms with Crippen LogP contribution < -0.4 is 16.5 Å². The molecule has 0 heterocycles. The maximum atomic E-state index is 12.1. The van der Waals surface area contributed by atoms with Gasteiger partial charge in [-0.25, -0.2) is 5.84 Å². The molecule has 0 saturated carbocycles. The lowest BCUT2D eigenvalue weighted by Crippen LogP contribution is -2.36. The van der Waals surface area contributed by atoms with Crippen molar-refractivity contribution in [2.24, 2.45) is 5.84 Å². The van der Waals surface area contributed by atoms with Gasteiger partial charge in [-0.05, 0) is 36.4 Å². The number of hydrazine groups is 1. The second-order valence-electron chi connectivity index (χ2n) is 4.48. The Balaban J connectivity index is 2.86. The summed E-state index contributed by atoms with van der Waals surface area (Å²) in [6, 6.07) is 5.97. The molecule has 0 unspecified atom stereocenters. The fraction of sp³-hybridized carbons (Fsp3) is 0.200. The van der Waals surface area contributed by atoms with E-state index >= 15 is 0 Å². The minimum Gasteiger partial charge on any atom is -0.508 e. The van der Waals surface area contributed by atoms with E-state index in [1.165, 1.54) is 29.3 Å². The first-order chi connectivity index (χ1) is 10.5. The fourth-order valence-corrected chi connectivity index (χ4v) is 1.76. The van der Waals surface area contributed by atoms with Gasteiger partial charge < -0.3 is 26.2 Å². The molecule has 1 aromatic rings. The van der Waals surface area contributed by atoms with Gasteiger partial charge in [0, 0.05) is 25.9 Å². The maximum Gasteiger partial charge on any atom is 0.251 e. The Labute approximate surface area is 129 Å². The Morgan fingerprint density at radius 2 is 2.05 bits per heavy atom. The molecule has 0 aliphatic carbocycles. The van der Waals surface area contributed by atoms with E-state index in [-0.39, 0.29) is 18.2 Å². The van der Waals surface area contributed by atoms with Crippen molar-refractivity contribution in [3.05, 3.63) is 53.4 Å². The molecule has 0 spiro atoms. The van der Waals surface area contributed by atoms with Crippen LogP contribution in [-0.2, 0) is 0 Å². The molecule has 1 aromatic carbocycles. The number of nitrogens with two attached hydrogens (primary N) is 1. The summed E-state index contributed by atoms with van der Waals surface area (Å²) in [5.41, 5.74) is 1.80. The minimum absolute atomic E-state index is 0.105. The van der Waals surface area contributed by atoms with Gasteiger partial charge in [0.15, 0.2) is 0 Å². The Kier molecular flexibility index (Phi) is 6.65. The van der Waals surface area contributed by atoms with Gasteiger partial charge in [0.2, 0.25) is 0 Å². The van der Waals surface area contributed by atoms with Crippen LogP contribution in [0.15, 0.2) is 47.8 Å². The number of aromatic hydroxyl groups is 1. The third-order valence-electron chi connectivity index (χ3n) is 2.91. The van der Waals surface area contributed by atoms with Gasteiger partial charge in [-0.1, -0.05) is 0 Å². The molecule has 7 heteroatoms. The van der Waals surface area contributed by atoms with Crippen LogP contribution >= 0.6 is 0 Å². The number of benzene rings is 1. The molecular formula is C15H21N5O2. The van der Waals surface area contributed by atoms with Crippen molar-refractivity contribution in [3.63, 3.8) is 0 Å². The first-order valence-electron chi connectivity index (χ1n) is 6.63. The van der Waals surface area contributed by atoms with E-state index in [9.17, 15) is 9.90 Å². The van der Waals surface area contributed by atoms with E-state index < -0.39 is 0 Å². The quantitative estimate of drug-likeness (QED) is 0.219. The number of nitrogens with zero attached hydrogens (tertiary/aromatic N) is 1. The molecule has 1 amide bonds. The molecule has 22 heavy (non-hydrogen) atoms. The number of carbonyl (C=O) groups is 1. The highest BCUT2D eigenvalue weighted by Crippen LogP contribution is 2.10. The molecule has 0 aromatic heterocycles. The summed E-state index contributed by atoms with van der Waals surface area (Å²) in [5, 5.41) is 23.4. The summed E-state index contributed by atoms with van der Waals surface area (Å²) in [6.07, 6.45) is 4.40. The number of phenolic OH excluding ortho intramolecular Hbond substituents is 1. The van der Waals surface area contributed by atoms with Gasteiger partial charge in [0.1, 0.15) is 5.75 Å². The Morgan fingerprint density at radius 3 is 2.55 bits per heavy atom. The number of nitrogens with one attached hydrogen (secondary N) is 3. The lowest BCUT2D eigenvalue weighted by Gasteiger charge is -2.20. The molecule has 0 radical (unpaired) electrons. The largest absolute Gasteiger partial charge is 0.508 e. The lowest BCUT2D eigenvalue weighted by atomic mass is 10.2. The first kappa shape index (κ1) is 17.3. The van der Waals surface area contributed by atoms with Crippen molar-refractivity contribution >= 4 is 12.1 Å². The number of carbonyl (C=O) groups excluding carboxylic acids is 1. The minimum atomic E-state index is -0.272. The van der Waals surface area contributed by atoms with Crippen LogP contribution in [0.3, 0.4) is 0 Å². The standard InChI is InChI=1S/C15H21N5O2/c1-18-13(4-3-9-16)14(20(2)17)10-19-15(22)11-5-7-12(21)8-6-11/h3-9,16,18,21H,10,17H2,1-2H3,(H,19,22)/b4-3-,14-13-,16-9?. The molecule has 0 bridgehead atoms. The third-order valence-corrected chi connectivity index (χ3v) is 2.91. The van der Waals surface area contributed by atoms with Crippen LogP contribution in [0.25, 0.3) is 0 Å². The number of allylic oxidation sites excluding steroid dienone is 2.